The molecule has 8 nitrogen and oxygen atoms in total. The topological polar surface area (TPSA) is 95.2 Å². The van der Waals surface area contributed by atoms with E-state index >= 15 is 0 Å². The second-order valence-corrected chi connectivity index (χ2v) is 13.3. The van der Waals surface area contributed by atoms with E-state index in [1.54, 1.807) is 37.7 Å². The molecule has 0 saturated carbocycles. The normalized spacial score (nSPS) is 11.6. The fourth-order valence-electron chi connectivity index (χ4n) is 2.57. The van der Waals surface area contributed by atoms with Crippen LogP contribution in [0.2, 0.25) is 25.7 Å². The van der Waals surface area contributed by atoms with Crippen molar-refractivity contribution in [2.75, 3.05) is 13.7 Å². The molecule has 0 atom stereocenters. The van der Waals surface area contributed by atoms with Crippen molar-refractivity contribution < 1.29 is 14.6 Å². The van der Waals surface area contributed by atoms with Crippen LogP contribution < -0.4 is 4.74 Å². The zero-order valence-electron chi connectivity index (χ0n) is 16.6. The molecule has 0 spiro atoms. The number of nitrogens with zero attached hydrogens (tertiary/aromatic N) is 5. The summed E-state index contributed by atoms with van der Waals surface area (Å²) in [4.78, 5) is 5.70. The molecule has 0 aliphatic rings. The number of benzene rings is 1. The molecule has 3 aromatic rings. The number of hydrogen-bond acceptors (Lipinski definition) is 7. The Balaban J connectivity index is 1.75. The van der Waals surface area contributed by atoms with Crippen molar-refractivity contribution in [2.45, 2.75) is 32.4 Å². The Labute approximate surface area is 165 Å². The number of rotatable bonds is 8. The molecule has 0 aliphatic carbocycles. The van der Waals surface area contributed by atoms with Crippen molar-refractivity contribution >= 4 is 8.07 Å². The predicted molar refractivity (Wildman–Crippen MR) is 109 cm³/mol. The van der Waals surface area contributed by atoms with Gasteiger partial charge in [-0.2, -0.15) is 0 Å². The quantitative estimate of drug-likeness (QED) is 0.458. The van der Waals surface area contributed by atoms with Crippen molar-refractivity contribution in [3.05, 3.63) is 36.7 Å². The molecule has 9 heteroatoms. The molecule has 0 radical (unpaired) electrons. The molecule has 148 valence electrons. The summed E-state index contributed by atoms with van der Waals surface area (Å²) in [7, 11) is 0.465. The molecule has 0 amide bonds. The molecule has 0 unspecified atom stereocenters. The average molecular weight is 400 g/mol. The number of phenols is 1. The van der Waals surface area contributed by atoms with E-state index in [1.807, 2.05) is 6.07 Å². The number of pyridine rings is 1. The van der Waals surface area contributed by atoms with Crippen LogP contribution in [0.3, 0.4) is 0 Å². The zero-order valence-corrected chi connectivity index (χ0v) is 17.6. The molecular formula is C19H25N5O3Si. The molecular weight excluding hydrogens is 374 g/mol. The maximum atomic E-state index is 9.81. The van der Waals surface area contributed by atoms with E-state index in [-0.39, 0.29) is 12.5 Å². The Hall–Kier alpha value is -2.78. The van der Waals surface area contributed by atoms with Crippen LogP contribution in [-0.2, 0) is 11.5 Å². The summed E-state index contributed by atoms with van der Waals surface area (Å²) in [6.45, 7) is 7.89. The number of phenolic OH excluding ortho intramolecular Hbond substituents is 1. The van der Waals surface area contributed by atoms with Crippen LogP contribution in [0.15, 0.2) is 36.7 Å². The van der Waals surface area contributed by atoms with Gasteiger partial charge in [-0.25, -0.2) is 0 Å². The number of tetrazole rings is 1. The van der Waals surface area contributed by atoms with Crippen LogP contribution in [0, 0.1) is 0 Å². The lowest BCUT2D eigenvalue weighted by molar-refractivity contribution is 0.0674. The summed E-state index contributed by atoms with van der Waals surface area (Å²) >= 11 is 0. The van der Waals surface area contributed by atoms with Gasteiger partial charge in [0.2, 0.25) is 5.82 Å². The maximum Gasteiger partial charge on any atom is 0.206 e. The Morgan fingerprint density at radius 3 is 2.64 bits per heavy atom. The predicted octanol–water partition coefficient (Wildman–Crippen LogP) is 3.43. The van der Waals surface area contributed by atoms with Gasteiger partial charge >= 0.3 is 0 Å². The van der Waals surface area contributed by atoms with E-state index in [0.717, 1.165) is 22.7 Å². The second kappa shape index (κ2) is 8.49. The molecule has 0 bridgehead atoms. The van der Waals surface area contributed by atoms with Crippen LogP contribution >= 0.6 is 0 Å². The van der Waals surface area contributed by atoms with E-state index in [0.29, 0.717) is 18.2 Å². The third-order valence-corrected chi connectivity index (χ3v) is 5.85. The Morgan fingerprint density at radius 1 is 1.11 bits per heavy atom. The lowest BCUT2D eigenvalue weighted by atomic mass is 10.0. The fourth-order valence-corrected chi connectivity index (χ4v) is 3.33. The Morgan fingerprint density at radius 2 is 1.89 bits per heavy atom. The average Bonchev–Trinajstić information content (AvgIpc) is 3.14. The SMILES string of the molecule is COc1ccc(O)cc1-c1cncc(-c2nnn(COCC[Si](C)(C)C)n2)c1. The van der Waals surface area contributed by atoms with Crippen molar-refractivity contribution in [2.24, 2.45) is 0 Å². The van der Waals surface area contributed by atoms with Gasteiger partial charge in [-0.1, -0.05) is 19.6 Å². The van der Waals surface area contributed by atoms with Gasteiger partial charge in [0.1, 0.15) is 11.5 Å². The number of methoxy groups -OCH3 is 1. The van der Waals surface area contributed by atoms with Gasteiger partial charge in [0.05, 0.1) is 7.11 Å². The standard InChI is InChI=1S/C19H25N5O3Si/c1-26-18-6-5-16(25)10-17(18)14-9-15(12-20-11-14)19-21-23-24(22-19)13-27-7-8-28(2,3)4/h5-6,9-12,25H,7-8,13H2,1-4H3. The highest BCUT2D eigenvalue weighted by molar-refractivity contribution is 6.76. The molecule has 0 fully saturated rings. The number of ether oxygens (including phenoxy) is 2. The lowest BCUT2D eigenvalue weighted by Crippen LogP contribution is -2.22. The van der Waals surface area contributed by atoms with E-state index in [1.165, 1.54) is 4.80 Å². The minimum Gasteiger partial charge on any atom is -0.508 e. The van der Waals surface area contributed by atoms with Gasteiger partial charge in [-0.3, -0.25) is 4.98 Å². The van der Waals surface area contributed by atoms with Crippen LogP contribution in [0.1, 0.15) is 0 Å². The summed E-state index contributed by atoms with van der Waals surface area (Å²) in [6, 6.07) is 7.90. The number of aromatic hydroxyl groups is 1. The molecule has 0 aliphatic heterocycles. The first-order valence-corrected chi connectivity index (χ1v) is 12.7. The second-order valence-electron chi connectivity index (χ2n) is 7.68. The summed E-state index contributed by atoms with van der Waals surface area (Å²) in [5.74, 6) is 1.26. The first-order valence-electron chi connectivity index (χ1n) is 9.04. The van der Waals surface area contributed by atoms with Gasteiger partial charge in [0.15, 0.2) is 6.73 Å². The summed E-state index contributed by atoms with van der Waals surface area (Å²) in [5.41, 5.74) is 2.24. The van der Waals surface area contributed by atoms with Crippen molar-refractivity contribution in [3.63, 3.8) is 0 Å². The summed E-state index contributed by atoms with van der Waals surface area (Å²) in [6.07, 6.45) is 3.37. The van der Waals surface area contributed by atoms with Gasteiger partial charge < -0.3 is 14.6 Å². The fraction of sp³-hybridized carbons (Fsp3) is 0.368. The van der Waals surface area contributed by atoms with E-state index in [2.05, 4.69) is 40.0 Å². The third kappa shape index (κ3) is 5.14. The third-order valence-electron chi connectivity index (χ3n) is 4.15. The van der Waals surface area contributed by atoms with Crippen molar-refractivity contribution in [1.29, 1.82) is 0 Å². The molecule has 1 aromatic carbocycles. The molecule has 1 N–H and O–H groups in total. The highest BCUT2D eigenvalue weighted by Crippen LogP contribution is 2.33. The van der Waals surface area contributed by atoms with Crippen LogP contribution in [0.4, 0.5) is 0 Å². The Kier molecular flexibility index (Phi) is 6.05. The lowest BCUT2D eigenvalue weighted by Gasteiger charge is -2.14. The molecule has 28 heavy (non-hydrogen) atoms. The van der Waals surface area contributed by atoms with Gasteiger partial charge in [0, 0.05) is 43.8 Å². The molecule has 3 rings (SSSR count). The first-order chi connectivity index (χ1) is 13.4. The van der Waals surface area contributed by atoms with Crippen LogP contribution in [0.5, 0.6) is 11.5 Å². The van der Waals surface area contributed by atoms with Gasteiger partial charge in [-0.15, -0.1) is 15.0 Å². The van der Waals surface area contributed by atoms with E-state index in [4.69, 9.17) is 9.47 Å². The molecule has 0 saturated heterocycles. The minimum atomic E-state index is -1.12. The van der Waals surface area contributed by atoms with Crippen molar-refractivity contribution in [1.82, 2.24) is 25.2 Å². The summed E-state index contributed by atoms with van der Waals surface area (Å²) < 4.78 is 11.0. The number of hydrogen-bond donors (Lipinski definition) is 1. The minimum absolute atomic E-state index is 0.153. The molecule has 2 heterocycles. The highest BCUT2D eigenvalue weighted by atomic mass is 28.3. The maximum absolute atomic E-state index is 9.81. The zero-order chi connectivity index (χ0) is 20.1. The van der Waals surface area contributed by atoms with Gasteiger partial charge in [0.25, 0.3) is 0 Å². The van der Waals surface area contributed by atoms with Crippen molar-refractivity contribution in [3.8, 4) is 34.0 Å². The van der Waals surface area contributed by atoms with Crippen LogP contribution in [-0.4, -0.2) is 52.1 Å². The van der Waals surface area contributed by atoms with E-state index < -0.39 is 8.07 Å². The number of aromatic nitrogens is 5. The Bertz CT molecular complexity index is 939. The van der Waals surface area contributed by atoms with E-state index in [9.17, 15) is 5.11 Å². The highest BCUT2D eigenvalue weighted by Gasteiger charge is 2.14. The van der Waals surface area contributed by atoms with Gasteiger partial charge in [-0.05, 0) is 35.5 Å². The molecule has 2 aromatic heterocycles. The first kappa shape index (κ1) is 20.0. The summed E-state index contributed by atoms with van der Waals surface area (Å²) in [5, 5.41) is 22.3. The largest absolute Gasteiger partial charge is 0.508 e. The monoisotopic (exact) mass is 399 g/mol. The van der Waals surface area contributed by atoms with Crippen LogP contribution in [0.25, 0.3) is 22.5 Å². The smallest absolute Gasteiger partial charge is 0.206 e.